The highest BCUT2D eigenvalue weighted by Gasteiger charge is 2.32. The minimum atomic E-state index is -0.810. The van der Waals surface area contributed by atoms with Crippen molar-refractivity contribution in [2.75, 3.05) is 39.3 Å². The van der Waals surface area contributed by atoms with Crippen LogP contribution in [-0.4, -0.2) is 105 Å². The predicted molar refractivity (Wildman–Crippen MR) is 358 cm³/mol. The molecule has 514 valence electrons. The summed E-state index contributed by atoms with van der Waals surface area (Å²) in [6.45, 7) is 10.9. The number of piperidine rings is 3. The van der Waals surface area contributed by atoms with Crippen LogP contribution in [0.4, 0.5) is 39.5 Å². The topological polar surface area (TPSA) is 172 Å². The Balaban J connectivity index is 0.000000136. The fourth-order valence-electron chi connectivity index (χ4n) is 12.8. The van der Waals surface area contributed by atoms with Gasteiger partial charge < -0.3 is 29.3 Å². The first-order valence-corrected chi connectivity index (χ1v) is 32.3. The Labute approximate surface area is 571 Å². The van der Waals surface area contributed by atoms with Gasteiger partial charge in [-0.25, -0.2) is 53.6 Å². The van der Waals surface area contributed by atoms with Gasteiger partial charge >= 0.3 is 0 Å². The molecule has 26 heteroatoms. The molecule has 0 saturated carbocycles. The number of nitrogens with zero attached hydrogens (tertiary/aromatic N) is 11. The number of fused-ring (bicyclic) bond motifs is 3. The summed E-state index contributed by atoms with van der Waals surface area (Å²) in [6, 6.07) is 29.9. The summed E-state index contributed by atoms with van der Waals surface area (Å²) in [6.07, 6.45) is 15.7. The predicted octanol–water partition coefficient (Wildman–Crippen LogP) is 16.1. The van der Waals surface area contributed by atoms with E-state index in [0.717, 1.165) is 100 Å². The first kappa shape index (κ1) is 67.9. The third-order valence-corrected chi connectivity index (χ3v) is 17.6. The van der Waals surface area contributed by atoms with Crippen molar-refractivity contribution in [3.8, 4) is 51.6 Å². The summed E-state index contributed by atoms with van der Waals surface area (Å²) < 4.78 is 149. The van der Waals surface area contributed by atoms with E-state index in [2.05, 4.69) is 33.4 Å². The van der Waals surface area contributed by atoms with Gasteiger partial charge in [-0.05, 0) is 166 Å². The number of rotatable bonds is 14. The zero-order chi connectivity index (χ0) is 70.4. The van der Waals surface area contributed by atoms with Crippen LogP contribution in [0.5, 0.6) is 34.5 Å². The summed E-state index contributed by atoms with van der Waals surface area (Å²) in [4.78, 5) is 39.6. The van der Waals surface area contributed by atoms with Crippen molar-refractivity contribution in [3.63, 3.8) is 0 Å². The first-order chi connectivity index (χ1) is 49.0. The van der Waals surface area contributed by atoms with E-state index < -0.39 is 69.6 Å². The van der Waals surface area contributed by atoms with E-state index in [0.29, 0.717) is 93.0 Å². The number of para-hydroxylation sites is 3. The number of carbonyl (C=O) groups is 2. The second kappa shape index (κ2) is 29.8. The lowest BCUT2D eigenvalue weighted by molar-refractivity contribution is -0.127. The number of ether oxygens (including phenoxy) is 3. The Morgan fingerprint density at radius 1 is 0.406 bits per heavy atom. The van der Waals surface area contributed by atoms with Gasteiger partial charge in [0.05, 0.1) is 104 Å². The fraction of sp³-hybridized carbons (Fsp3) is 0.200. The number of likely N-dealkylation sites (tertiary alicyclic amines) is 2. The van der Waals surface area contributed by atoms with Crippen molar-refractivity contribution in [2.45, 2.75) is 56.3 Å². The zero-order valence-electron chi connectivity index (χ0n) is 53.7. The van der Waals surface area contributed by atoms with Gasteiger partial charge in [0.2, 0.25) is 11.8 Å². The molecule has 3 saturated heterocycles. The number of benzene rings is 6. The molecule has 0 bridgehead atoms. The molecular weight excluding hydrogens is 1320 g/mol. The van der Waals surface area contributed by atoms with Crippen LogP contribution in [0, 0.1) is 52.4 Å². The number of hydrogen-bond donors (Lipinski definition) is 1. The number of hydrogen-bond acceptors (Lipinski definition) is 12. The lowest BCUT2D eigenvalue weighted by atomic mass is 9.93. The van der Waals surface area contributed by atoms with Crippen LogP contribution in [0.25, 0.3) is 49.8 Å². The van der Waals surface area contributed by atoms with E-state index in [4.69, 9.17) is 29.5 Å². The number of aromatic nitrogens is 9. The molecule has 0 aliphatic carbocycles. The van der Waals surface area contributed by atoms with E-state index in [-0.39, 0.29) is 46.8 Å². The minimum absolute atomic E-state index is 0.112. The van der Waals surface area contributed by atoms with E-state index in [1.54, 1.807) is 103 Å². The SMILES string of the molecule is C=CC(=O)N1CCC[C@@H](c2nn(-c3ccc(Oc4c(F)cccc4F)cc3)c3cncc(F)c23)C1.C=CC(=O)N1CCC[C@H](c2nn(-c3ccc(Oc4c(F)cccc4F)cc3)c3cncc(F)c23)C1.Fc1cccc(F)c1Oc1ccc(-n2nc(C3CCCNC3)c3c(F)cncc32)cc1. The van der Waals surface area contributed by atoms with Crippen molar-refractivity contribution < 1.29 is 63.3 Å². The lowest BCUT2D eigenvalue weighted by Gasteiger charge is -2.31. The van der Waals surface area contributed by atoms with Gasteiger partial charge in [-0.2, -0.15) is 15.3 Å². The largest absolute Gasteiger partial charge is 0.451 e. The summed E-state index contributed by atoms with van der Waals surface area (Å²) >= 11 is 0. The summed E-state index contributed by atoms with van der Waals surface area (Å²) in [5.74, 6) is -7.44. The van der Waals surface area contributed by atoms with Crippen LogP contribution in [0.1, 0.15) is 73.4 Å². The number of halogens is 9. The second-order valence-electron chi connectivity index (χ2n) is 24.1. The molecule has 1 unspecified atom stereocenters. The highest BCUT2D eigenvalue weighted by atomic mass is 19.2. The standard InChI is InChI=1S/2C26H21F3N4O2.C23H19F3N4O/c2*1-2-23(34)32-12-4-5-16(15-32)25-24-21(29)13-30-14-22(24)33(31-25)17-8-10-18(11-9-17)35-26-19(27)6-3-7-20(26)28;24-17-4-1-5-18(25)23(17)31-16-8-6-15(7-9-16)30-20-13-28-12-19(26)21(20)22(29-30)14-3-2-10-27-11-14/h2*2-3,6-11,13-14,16H,1,4-5,12,15H2;1,4-9,12-14,27H,2-3,10-11H2/t2*16-;/m10./s1. The van der Waals surface area contributed by atoms with Crippen LogP contribution in [-0.2, 0) is 9.59 Å². The number of pyridine rings is 3. The highest BCUT2D eigenvalue weighted by Crippen LogP contribution is 2.39. The Morgan fingerprint density at radius 2 is 0.713 bits per heavy atom. The Kier molecular flexibility index (Phi) is 20.0. The number of nitrogens with one attached hydrogen (secondary N) is 1. The molecule has 0 spiro atoms. The van der Waals surface area contributed by atoms with Gasteiger partial charge in [0.15, 0.2) is 69.6 Å². The van der Waals surface area contributed by atoms with Crippen LogP contribution in [0.15, 0.2) is 190 Å². The maximum Gasteiger partial charge on any atom is 0.245 e. The van der Waals surface area contributed by atoms with E-state index in [1.165, 1.54) is 48.9 Å². The van der Waals surface area contributed by atoms with Crippen LogP contribution < -0.4 is 19.5 Å². The van der Waals surface area contributed by atoms with Crippen molar-refractivity contribution in [3.05, 3.63) is 259 Å². The Hall–Kier alpha value is -11.7. The normalized spacial score (nSPS) is 16.1. The molecule has 1 N–H and O–H groups in total. The monoisotopic (exact) mass is 1380 g/mol. The molecule has 12 aromatic rings. The van der Waals surface area contributed by atoms with Crippen LogP contribution >= 0.6 is 0 Å². The maximum atomic E-state index is 14.9. The summed E-state index contributed by atoms with van der Waals surface area (Å²) in [5, 5.41) is 18.7. The average molecular weight is 1380 g/mol. The molecule has 6 aromatic heterocycles. The first-order valence-electron chi connectivity index (χ1n) is 32.3. The highest BCUT2D eigenvalue weighted by molar-refractivity contribution is 5.89. The number of amides is 2. The number of carbonyl (C=O) groups excluding carboxylic acids is 2. The van der Waals surface area contributed by atoms with Gasteiger partial charge in [0.25, 0.3) is 0 Å². The molecule has 9 heterocycles. The molecular formula is C75H61F9N12O5. The smallest absolute Gasteiger partial charge is 0.245 e. The van der Waals surface area contributed by atoms with E-state index >= 15 is 0 Å². The molecule has 2 amide bonds. The van der Waals surface area contributed by atoms with Crippen molar-refractivity contribution >= 4 is 44.5 Å². The molecule has 0 radical (unpaired) electrons. The molecule has 3 fully saturated rings. The van der Waals surface area contributed by atoms with Gasteiger partial charge in [0.1, 0.15) is 17.2 Å². The Bertz CT molecular complexity index is 4790. The second-order valence-corrected chi connectivity index (χ2v) is 24.1. The van der Waals surface area contributed by atoms with Gasteiger partial charge in [0, 0.05) is 50.5 Å². The summed E-state index contributed by atoms with van der Waals surface area (Å²) in [5.41, 5.74) is 5.15. The zero-order valence-corrected chi connectivity index (χ0v) is 53.7. The van der Waals surface area contributed by atoms with Crippen molar-refractivity contribution in [2.24, 2.45) is 0 Å². The van der Waals surface area contributed by atoms with E-state index in [9.17, 15) is 49.1 Å². The molecule has 6 aromatic carbocycles. The quantitative estimate of drug-likeness (QED) is 0.0808. The molecule has 17 nitrogen and oxygen atoms in total. The lowest BCUT2D eigenvalue weighted by Crippen LogP contribution is -2.38. The third kappa shape index (κ3) is 14.3. The van der Waals surface area contributed by atoms with E-state index in [1.807, 2.05) is 0 Å². The summed E-state index contributed by atoms with van der Waals surface area (Å²) in [7, 11) is 0. The van der Waals surface area contributed by atoms with Gasteiger partial charge in [-0.15, -0.1) is 0 Å². The maximum absolute atomic E-state index is 14.9. The van der Waals surface area contributed by atoms with Crippen molar-refractivity contribution in [1.82, 2.24) is 59.4 Å². The molecule has 15 rings (SSSR count). The molecule has 101 heavy (non-hydrogen) atoms. The molecule has 3 aliphatic rings. The molecule has 3 atom stereocenters. The Morgan fingerprint density at radius 3 is 1.01 bits per heavy atom. The minimum Gasteiger partial charge on any atom is -0.451 e. The average Bonchev–Trinajstić information content (AvgIpc) is 1.62. The molecule has 3 aliphatic heterocycles. The van der Waals surface area contributed by atoms with Crippen molar-refractivity contribution in [1.29, 1.82) is 0 Å². The van der Waals surface area contributed by atoms with Crippen LogP contribution in [0.3, 0.4) is 0 Å². The van der Waals surface area contributed by atoms with Crippen LogP contribution in [0.2, 0.25) is 0 Å². The van der Waals surface area contributed by atoms with Gasteiger partial charge in [-0.1, -0.05) is 31.4 Å². The third-order valence-electron chi connectivity index (χ3n) is 17.6. The fourth-order valence-corrected chi connectivity index (χ4v) is 12.8. The van der Waals surface area contributed by atoms with Gasteiger partial charge in [-0.3, -0.25) is 24.5 Å².